The van der Waals surface area contributed by atoms with Crippen LogP contribution >= 0.6 is 0 Å². The lowest BCUT2D eigenvalue weighted by Gasteiger charge is -2.22. The third-order valence-corrected chi connectivity index (χ3v) is 4.33. The van der Waals surface area contributed by atoms with E-state index in [9.17, 15) is 8.78 Å². The Bertz CT molecular complexity index is 565. The second-order valence-electron chi connectivity index (χ2n) is 6.32. The number of benzene rings is 1. The van der Waals surface area contributed by atoms with Gasteiger partial charge in [-0.15, -0.1) is 0 Å². The summed E-state index contributed by atoms with van der Waals surface area (Å²) in [6.45, 7) is 7.79. The summed E-state index contributed by atoms with van der Waals surface area (Å²) in [5, 5.41) is 3.30. The van der Waals surface area contributed by atoms with E-state index in [1.54, 1.807) is 7.11 Å². The normalized spacial score (nSPS) is 19.6. The van der Waals surface area contributed by atoms with Gasteiger partial charge in [-0.25, -0.2) is 8.78 Å². The molecule has 0 aromatic heterocycles. The average Bonchev–Trinajstić information content (AvgIpc) is 3.00. The van der Waals surface area contributed by atoms with Gasteiger partial charge in [0.1, 0.15) is 11.6 Å². The van der Waals surface area contributed by atoms with Gasteiger partial charge in [0, 0.05) is 51.2 Å². The molecule has 1 aromatic rings. The van der Waals surface area contributed by atoms with Crippen molar-refractivity contribution < 1.29 is 13.5 Å². The number of ether oxygens (including phenoxy) is 1. The van der Waals surface area contributed by atoms with E-state index in [4.69, 9.17) is 4.74 Å². The van der Waals surface area contributed by atoms with Crippen LogP contribution in [0, 0.1) is 17.6 Å². The number of methoxy groups -OCH3 is 1. The predicted octanol–water partition coefficient (Wildman–Crippen LogP) is 3.00. The van der Waals surface area contributed by atoms with Gasteiger partial charge >= 0.3 is 0 Å². The summed E-state index contributed by atoms with van der Waals surface area (Å²) in [4.78, 5) is 6.88. The molecule has 0 amide bonds. The van der Waals surface area contributed by atoms with Crippen molar-refractivity contribution in [1.82, 2.24) is 10.2 Å². The molecule has 1 heterocycles. The molecule has 0 radical (unpaired) electrons. The summed E-state index contributed by atoms with van der Waals surface area (Å²) in [7, 11) is 1.72. The lowest BCUT2D eigenvalue weighted by molar-refractivity contribution is 0.157. The molecule has 2 rings (SSSR count). The average molecular weight is 339 g/mol. The van der Waals surface area contributed by atoms with Gasteiger partial charge in [-0.1, -0.05) is 13.0 Å². The maximum atomic E-state index is 13.9. The van der Waals surface area contributed by atoms with Crippen LogP contribution in [0.25, 0.3) is 0 Å². The van der Waals surface area contributed by atoms with Crippen molar-refractivity contribution in [3.05, 3.63) is 35.4 Å². The molecule has 1 saturated heterocycles. The van der Waals surface area contributed by atoms with E-state index in [1.165, 1.54) is 12.1 Å². The number of hydrogen-bond donors (Lipinski definition) is 1. The lowest BCUT2D eigenvalue weighted by atomic mass is 10.0. The molecule has 2 atom stereocenters. The van der Waals surface area contributed by atoms with E-state index in [2.05, 4.69) is 15.2 Å². The Labute approximate surface area is 142 Å². The molecular formula is C18H27F2N3O. The SMILES string of the molecule is CCNC(=NCC(C)c1ccc(F)cc1F)N1CCC(COC)C1. The molecule has 0 saturated carbocycles. The Balaban J connectivity index is 2.02. The summed E-state index contributed by atoms with van der Waals surface area (Å²) in [5.41, 5.74) is 0.495. The van der Waals surface area contributed by atoms with Crippen LogP contribution < -0.4 is 5.32 Å². The van der Waals surface area contributed by atoms with Crippen LogP contribution in [0.5, 0.6) is 0 Å². The van der Waals surface area contributed by atoms with Crippen molar-refractivity contribution in [1.29, 1.82) is 0 Å². The fourth-order valence-electron chi connectivity index (χ4n) is 3.05. The highest BCUT2D eigenvalue weighted by atomic mass is 19.1. The Morgan fingerprint density at radius 3 is 2.92 bits per heavy atom. The van der Waals surface area contributed by atoms with Gasteiger partial charge in [0.25, 0.3) is 0 Å². The maximum absolute atomic E-state index is 13.9. The van der Waals surface area contributed by atoms with Gasteiger partial charge in [-0.3, -0.25) is 4.99 Å². The second kappa shape index (κ2) is 8.97. The second-order valence-corrected chi connectivity index (χ2v) is 6.32. The first-order valence-corrected chi connectivity index (χ1v) is 8.52. The molecule has 1 aliphatic heterocycles. The largest absolute Gasteiger partial charge is 0.384 e. The van der Waals surface area contributed by atoms with Gasteiger partial charge in [0.2, 0.25) is 0 Å². The fourth-order valence-corrected chi connectivity index (χ4v) is 3.05. The molecule has 1 N–H and O–H groups in total. The van der Waals surface area contributed by atoms with Crippen molar-refractivity contribution in [2.45, 2.75) is 26.2 Å². The minimum atomic E-state index is -0.554. The van der Waals surface area contributed by atoms with Gasteiger partial charge in [-0.05, 0) is 25.0 Å². The van der Waals surface area contributed by atoms with E-state index in [0.29, 0.717) is 18.0 Å². The first-order valence-electron chi connectivity index (χ1n) is 8.52. The van der Waals surface area contributed by atoms with E-state index in [0.717, 1.165) is 44.7 Å². The van der Waals surface area contributed by atoms with E-state index < -0.39 is 11.6 Å². The zero-order valence-electron chi connectivity index (χ0n) is 14.7. The topological polar surface area (TPSA) is 36.9 Å². The highest BCUT2D eigenvalue weighted by Crippen LogP contribution is 2.21. The van der Waals surface area contributed by atoms with Crippen molar-refractivity contribution in [2.75, 3.05) is 39.9 Å². The summed E-state index contributed by atoms with van der Waals surface area (Å²) in [5.74, 6) is 0.193. The smallest absolute Gasteiger partial charge is 0.193 e. The number of nitrogens with one attached hydrogen (secondary N) is 1. The molecule has 0 spiro atoms. The van der Waals surface area contributed by atoms with Crippen LogP contribution in [0.4, 0.5) is 8.78 Å². The van der Waals surface area contributed by atoms with Gasteiger partial charge in [0.15, 0.2) is 5.96 Å². The van der Waals surface area contributed by atoms with Crippen LogP contribution in [0.3, 0.4) is 0 Å². The Kier molecular flexibility index (Phi) is 6.97. The van der Waals surface area contributed by atoms with E-state index in [1.807, 2.05) is 13.8 Å². The van der Waals surface area contributed by atoms with Gasteiger partial charge in [0.05, 0.1) is 6.61 Å². The van der Waals surface area contributed by atoms with Crippen LogP contribution in [0.2, 0.25) is 0 Å². The number of hydrogen-bond acceptors (Lipinski definition) is 2. The summed E-state index contributed by atoms with van der Waals surface area (Å²) >= 11 is 0. The molecule has 1 fully saturated rings. The zero-order valence-corrected chi connectivity index (χ0v) is 14.7. The summed E-state index contributed by atoms with van der Waals surface area (Å²) < 4.78 is 32.2. The molecule has 1 aliphatic rings. The highest BCUT2D eigenvalue weighted by molar-refractivity contribution is 5.80. The standard InChI is InChI=1S/C18H27F2N3O/c1-4-21-18(23-8-7-14(11-23)12-24-3)22-10-13(2)16-6-5-15(19)9-17(16)20/h5-6,9,13-14H,4,7-8,10-12H2,1-3H3,(H,21,22). The molecule has 134 valence electrons. The summed E-state index contributed by atoms with van der Waals surface area (Å²) in [6, 6.07) is 3.72. The first-order chi connectivity index (χ1) is 11.5. The van der Waals surface area contributed by atoms with E-state index in [-0.39, 0.29) is 5.92 Å². The summed E-state index contributed by atoms with van der Waals surface area (Å²) in [6.07, 6.45) is 1.08. The molecule has 6 heteroatoms. The van der Waals surface area contributed by atoms with Crippen LogP contribution in [0.15, 0.2) is 23.2 Å². The monoisotopic (exact) mass is 339 g/mol. The van der Waals surface area contributed by atoms with Gasteiger partial charge in [-0.2, -0.15) is 0 Å². The van der Waals surface area contributed by atoms with Crippen molar-refractivity contribution >= 4 is 5.96 Å². The lowest BCUT2D eigenvalue weighted by Crippen LogP contribution is -2.40. The van der Waals surface area contributed by atoms with Crippen molar-refractivity contribution in [3.8, 4) is 0 Å². The number of nitrogens with zero attached hydrogens (tertiary/aromatic N) is 2. The number of rotatable bonds is 6. The molecule has 1 aromatic carbocycles. The zero-order chi connectivity index (χ0) is 17.5. The first kappa shape index (κ1) is 18.6. The molecule has 4 nitrogen and oxygen atoms in total. The third-order valence-electron chi connectivity index (χ3n) is 4.33. The molecule has 0 bridgehead atoms. The predicted molar refractivity (Wildman–Crippen MR) is 92.3 cm³/mol. The van der Waals surface area contributed by atoms with E-state index >= 15 is 0 Å². The third kappa shape index (κ3) is 4.90. The maximum Gasteiger partial charge on any atom is 0.193 e. The van der Waals surface area contributed by atoms with Gasteiger partial charge < -0.3 is 15.0 Å². The number of halogens is 2. The van der Waals surface area contributed by atoms with Crippen molar-refractivity contribution in [3.63, 3.8) is 0 Å². The highest BCUT2D eigenvalue weighted by Gasteiger charge is 2.24. The quantitative estimate of drug-likeness (QED) is 0.639. The molecular weight excluding hydrogens is 312 g/mol. The fraction of sp³-hybridized carbons (Fsp3) is 0.611. The van der Waals surface area contributed by atoms with Crippen LogP contribution in [-0.2, 0) is 4.74 Å². The van der Waals surface area contributed by atoms with Crippen LogP contribution in [-0.4, -0.2) is 50.8 Å². The minimum absolute atomic E-state index is 0.114. The molecule has 24 heavy (non-hydrogen) atoms. The Morgan fingerprint density at radius 2 is 2.25 bits per heavy atom. The molecule has 2 unspecified atom stereocenters. The molecule has 0 aliphatic carbocycles. The number of likely N-dealkylation sites (tertiary alicyclic amines) is 1. The Hall–Kier alpha value is -1.69. The minimum Gasteiger partial charge on any atom is -0.384 e. The van der Waals surface area contributed by atoms with Crippen molar-refractivity contribution in [2.24, 2.45) is 10.9 Å². The number of aliphatic imine (C=N–C) groups is 1. The number of guanidine groups is 1. The van der Waals surface area contributed by atoms with Crippen LogP contribution in [0.1, 0.15) is 31.7 Å². The Morgan fingerprint density at radius 1 is 1.46 bits per heavy atom.